The molecule has 1 aromatic rings. The van der Waals surface area contributed by atoms with Crippen molar-refractivity contribution < 1.29 is 9.90 Å². The molecule has 0 radical (unpaired) electrons. The quantitative estimate of drug-likeness (QED) is 0.881. The summed E-state index contributed by atoms with van der Waals surface area (Å²) in [5, 5.41) is 12.0. The van der Waals surface area contributed by atoms with E-state index in [1.807, 2.05) is 12.3 Å². The predicted molar refractivity (Wildman–Crippen MR) is 76.8 cm³/mol. The standard InChI is InChI=1S/C14H20N2O3S/c1-10-7-20-13(18)16(10)6-2-3-12(17)15-8-14(19,9-15)11-4-5-11/h7,11,19H,2-6,8-9H2,1H3. The number of carbonyl (C=O) groups is 1. The van der Waals surface area contributed by atoms with Gasteiger partial charge in [-0.1, -0.05) is 11.3 Å². The third-order valence-corrected chi connectivity index (χ3v) is 5.25. The minimum atomic E-state index is -0.601. The van der Waals surface area contributed by atoms with Crippen molar-refractivity contribution in [2.24, 2.45) is 5.92 Å². The van der Waals surface area contributed by atoms with Crippen LogP contribution in [0.2, 0.25) is 0 Å². The molecule has 1 aliphatic heterocycles. The van der Waals surface area contributed by atoms with Gasteiger partial charge in [0.15, 0.2) is 0 Å². The number of aliphatic hydroxyl groups is 1. The van der Waals surface area contributed by atoms with E-state index in [4.69, 9.17) is 0 Å². The maximum atomic E-state index is 12.0. The molecule has 1 saturated heterocycles. The molecule has 1 amide bonds. The Labute approximate surface area is 121 Å². The Balaban J connectivity index is 1.43. The van der Waals surface area contributed by atoms with Crippen LogP contribution in [0.4, 0.5) is 0 Å². The largest absolute Gasteiger partial charge is 0.386 e. The molecule has 20 heavy (non-hydrogen) atoms. The number of hydrogen-bond donors (Lipinski definition) is 1. The zero-order chi connectivity index (χ0) is 14.3. The second-order valence-electron chi connectivity index (χ2n) is 6.03. The van der Waals surface area contributed by atoms with Crippen molar-refractivity contribution >= 4 is 17.2 Å². The molecule has 2 aliphatic rings. The highest BCUT2D eigenvalue weighted by molar-refractivity contribution is 7.07. The molecule has 0 spiro atoms. The van der Waals surface area contributed by atoms with Crippen LogP contribution in [-0.4, -0.2) is 39.2 Å². The van der Waals surface area contributed by atoms with Gasteiger partial charge in [-0.3, -0.25) is 9.59 Å². The second-order valence-corrected chi connectivity index (χ2v) is 6.85. The molecule has 1 saturated carbocycles. The van der Waals surface area contributed by atoms with Gasteiger partial charge in [-0.25, -0.2) is 0 Å². The summed E-state index contributed by atoms with van der Waals surface area (Å²) in [7, 11) is 0. The molecule has 2 heterocycles. The topological polar surface area (TPSA) is 62.5 Å². The third-order valence-electron chi connectivity index (χ3n) is 4.37. The summed E-state index contributed by atoms with van der Waals surface area (Å²) in [6.07, 6.45) is 3.31. The highest BCUT2D eigenvalue weighted by Crippen LogP contribution is 2.44. The molecule has 1 N–H and O–H groups in total. The number of hydrogen-bond acceptors (Lipinski definition) is 4. The van der Waals surface area contributed by atoms with E-state index in [0.29, 0.717) is 38.4 Å². The number of nitrogens with zero attached hydrogens (tertiary/aromatic N) is 2. The Morgan fingerprint density at radius 2 is 2.20 bits per heavy atom. The van der Waals surface area contributed by atoms with Crippen LogP contribution < -0.4 is 4.87 Å². The van der Waals surface area contributed by atoms with Gasteiger partial charge in [0, 0.05) is 24.0 Å². The number of β-amino-alcohol motifs (C(OH)–C–C–N with tert-alkyl or cyclic N) is 1. The Hall–Kier alpha value is -1.14. The molecule has 2 fully saturated rings. The first-order valence-electron chi connectivity index (χ1n) is 7.15. The van der Waals surface area contributed by atoms with Gasteiger partial charge in [-0.15, -0.1) is 0 Å². The van der Waals surface area contributed by atoms with Crippen molar-refractivity contribution in [1.29, 1.82) is 0 Å². The van der Waals surface area contributed by atoms with Gasteiger partial charge in [0.2, 0.25) is 5.91 Å². The fourth-order valence-corrected chi connectivity index (χ4v) is 3.65. The van der Waals surface area contributed by atoms with Crippen molar-refractivity contribution in [2.45, 2.75) is 44.8 Å². The second kappa shape index (κ2) is 5.00. The maximum Gasteiger partial charge on any atom is 0.307 e. The number of aromatic nitrogens is 1. The Bertz CT molecular complexity index is 567. The number of carbonyl (C=O) groups excluding carboxylic acids is 1. The summed E-state index contributed by atoms with van der Waals surface area (Å²) in [6, 6.07) is 0. The Morgan fingerprint density at radius 1 is 1.50 bits per heavy atom. The molecule has 0 unspecified atom stereocenters. The molecule has 5 nitrogen and oxygen atoms in total. The van der Waals surface area contributed by atoms with Gasteiger partial charge < -0.3 is 14.6 Å². The fraction of sp³-hybridized carbons (Fsp3) is 0.714. The zero-order valence-corrected chi connectivity index (χ0v) is 12.5. The number of aryl methyl sites for hydroxylation is 1. The molecule has 3 rings (SSSR count). The lowest BCUT2D eigenvalue weighted by molar-refractivity contribution is -0.159. The maximum absolute atomic E-state index is 12.0. The van der Waals surface area contributed by atoms with Crippen LogP contribution in [0.15, 0.2) is 10.2 Å². The van der Waals surface area contributed by atoms with Crippen LogP contribution in [0, 0.1) is 12.8 Å². The summed E-state index contributed by atoms with van der Waals surface area (Å²) < 4.78 is 1.72. The lowest BCUT2D eigenvalue weighted by Crippen LogP contribution is -2.64. The molecule has 0 atom stereocenters. The van der Waals surface area contributed by atoms with E-state index in [-0.39, 0.29) is 10.8 Å². The van der Waals surface area contributed by atoms with E-state index >= 15 is 0 Å². The third kappa shape index (κ3) is 2.54. The van der Waals surface area contributed by atoms with Crippen molar-refractivity contribution in [3.05, 3.63) is 20.7 Å². The highest BCUT2D eigenvalue weighted by atomic mass is 32.1. The molecular weight excluding hydrogens is 276 g/mol. The molecule has 0 aromatic carbocycles. The number of amides is 1. The van der Waals surface area contributed by atoms with Gasteiger partial charge >= 0.3 is 4.87 Å². The minimum Gasteiger partial charge on any atom is -0.386 e. The molecule has 1 aliphatic carbocycles. The monoisotopic (exact) mass is 296 g/mol. The summed E-state index contributed by atoms with van der Waals surface area (Å²) in [5.41, 5.74) is 0.357. The zero-order valence-electron chi connectivity index (χ0n) is 11.7. The highest BCUT2D eigenvalue weighted by Gasteiger charge is 2.52. The van der Waals surface area contributed by atoms with Gasteiger partial charge in [0.25, 0.3) is 0 Å². The van der Waals surface area contributed by atoms with Crippen molar-refractivity contribution in [3.63, 3.8) is 0 Å². The summed E-state index contributed by atoms with van der Waals surface area (Å²) in [6.45, 7) is 3.49. The average Bonchev–Trinajstić information content (AvgIpc) is 3.17. The van der Waals surface area contributed by atoms with Crippen LogP contribution in [-0.2, 0) is 11.3 Å². The molecule has 1 aromatic heterocycles. The molecular formula is C14H20N2O3S. The van der Waals surface area contributed by atoms with E-state index in [9.17, 15) is 14.7 Å². The number of likely N-dealkylation sites (tertiary alicyclic amines) is 1. The van der Waals surface area contributed by atoms with Crippen LogP contribution in [0.1, 0.15) is 31.4 Å². The van der Waals surface area contributed by atoms with E-state index in [2.05, 4.69) is 0 Å². The van der Waals surface area contributed by atoms with Crippen LogP contribution >= 0.6 is 11.3 Å². The summed E-state index contributed by atoms with van der Waals surface area (Å²) in [5.74, 6) is 0.509. The predicted octanol–water partition coefficient (Wildman–Crippen LogP) is 0.982. The van der Waals surface area contributed by atoms with Gasteiger partial charge in [-0.2, -0.15) is 0 Å². The first-order chi connectivity index (χ1) is 9.49. The van der Waals surface area contributed by atoms with Crippen molar-refractivity contribution in [1.82, 2.24) is 9.47 Å². The summed E-state index contributed by atoms with van der Waals surface area (Å²) >= 11 is 1.20. The van der Waals surface area contributed by atoms with Crippen molar-refractivity contribution in [3.8, 4) is 0 Å². The van der Waals surface area contributed by atoms with Crippen LogP contribution in [0.25, 0.3) is 0 Å². The molecule has 0 bridgehead atoms. The smallest absolute Gasteiger partial charge is 0.307 e. The van der Waals surface area contributed by atoms with E-state index in [1.54, 1.807) is 9.47 Å². The lowest BCUT2D eigenvalue weighted by atomic mass is 9.88. The molecule has 110 valence electrons. The van der Waals surface area contributed by atoms with Gasteiger partial charge in [0.1, 0.15) is 5.60 Å². The van der Waals surface area contributed by atoms with Crippen LogP contribution in [0.5, 0.6) is 0 Å². The fourth-order valence-electron chi connectivity index (χ4n) is 2.89. The van der Waals surface area contributed by atoms with E-state index < -0.39 is 5.60 Å². The lowest BCUT2D eigenvalue weighted by Gasteiger charge is -2.47. The normalized spacial score (nSPS) is 20.8. The SMILES string of the molecule is Cc1csc(=O)n1CCCC(=O)N1CC(O)(C2CC2)C1. The Kier molecular flexibility index (Phi) is 3.46. The molecule has 6 heteroatoms. The van der Waals surface area contributed by atoms with Crippen LogP contribution in [0.3, 0.4) is 0 Å². The first kappa shape index (κ1) is 13.8. The van der Waals surface area contributed by atoms with Crippen molar-refractivity contribution in [2.75, 3.05) is 13.1 Å². The summed E-state index contributed by atoms with van der Waals surface area (Å²) in [4.78, 5) is 25.3. The minimum absolute atomic E-state index is 0.0435. The number of rotatable bonds is 5. The Morgan fingerprint density at radius 3 is 2.75 bits per heavy atom. The van der Waals surface area contributed by atoms with Gasteiger partial charge in [0.05, 0.1) is 13.1 Å². The first-order valence-corrected chi connectivity index (χ1v) is 8.03. The van der Waals surface area contributed by atoms with E-state index in [0.717, 1.165) is 18.5 Å². The number of thiazole rings is 1. The van der Waals surface area contributed by atoms with E-state index in [1.165, 1.54) is 11.3 Å². The average molecular weight is 296 g/mol. The van der Waals surface area contributed by atoms with Gasteiger partial charge in [-0.05, 0) is 32.1 Å².